The molecule has 1 N–H and O–H groups in total. The summed E-state index contributed by atoms with van der Waals surface area (Å²) in [4.78, 5) is 14.8. The largest absolute Gasteiger partial charge is 0.337 e. The van der Waals surface area contributed by atoms with Gasteiger partial charge in [0.25, 0.3) is 5.91 Å². The van der Waals surface area contributed by atoms with Crippen LogP contribution in [0.1, 0.15) is 49.4 Å². The van der Waals surface area contributed by atoms with Crippen molar-refractivity contribution in [2.45, 2.75) is 56.0 Å². The molecule has 0 radical (unpaired) electrons. The molecule has 26 heavy (non-hydrogen) atoms. The number of piperidine rings is 2. The summed E-state index contributed by atoms with van der Waals surface area (Å²) in [7, 11) is -1.58. The molecule has 1 amide bonds. The summed E-state index contributed by atoms with van der Waals surface area (Å²) in [6.45, 7) is 3.98. The Balaban J connectivity index is 1.74. The molecule has 2 heterocycles. The van der Waals surface area contributed by atoms with Gasteiger partial charge < -0.3 is 10.2 Å². The lowest BCUT2D eigenvalue weighted by Crippen LogP contribution is -2.47. The normalized spacial score (nSPS) is 25.2. The number of sulfonamides is 1. The van der Waals surface area contributed by atoms with Crippen molar-refractivity contribution in [1.82, 2.24) is 14.5 Å². The number of carbonyl (C=O) groups is 1. The first-order valence-corrected chi connectivity index (χ1v) is 11.0. The standard InChI is InChI=1S/C19H29N3O3S/c1-15-6-3-4-13-22(15)26(24,25)18-10-8-16(9-11-18)19(23)21-12-5-7-17(14-21)20-2/h8-11,15,17,20H,3-7,12-14H2,1-2H3. The maximum absolute atomic E-state index is 12.9. The van der Waals surface area contributed by atoms with Gasteiger partial charge in [-0.15, -0.1) is 0 Å². The van der Waals surface area contributed by atoms with Crippen LogP contribution in [0.2, 0.25) is 0 Å². The van der Waals surface area contributed by atoms with E-state index in [1.807, 2.05) is 18.9 Å². The average molecular weight is 380 g/mol. The molecule has 2 atom stereocenters. The van der Waals surface area contributed by atoms with Gasteiger partial charge >= 0.3 is 0 Å². The van der Waals surface area contributed by atoms with Gasteiger partial charge in [-0.1, -0.05) is 6.42 Å². The van der Waals surface area contributed by atoms with E-state index in [9.17, 15) is 13.2 Å². The van der Waals surface area contributed by atoms with E-state index in [0.717, 1.165) is 38.6 Å². The number of carbonyl (C=O) groups excluding carboxylic acids is 1. The summed E-state index contributed by atoms with van der Waals surface area (Å²) < 4.78 is 27.4. The molecule has 2 aliphatic heterocycles. The number of nitrogens with one attached hydrogen (secondary N) is 1. The Morgan fingerprint density at radius 1 is 1.08 bits per heavy atom. The highest BCUT2D eigenvalue weighted by atomic mass is 32.2. The summed E-state index contributed by atoms with van der Waals surface area (Å²) in [6, 6.07) is 6.79. The second-order valence-corrected chi connectivity index (χ2v) is 9.25. The molecule has 2 unspecified atom stereocenters. The van der Waals surface area contributed by atoms with Gasteiger partial charge in [-0.25, -0.2) is 8.42 Å². The lowest BCUT2D eigenvalue weighted by molar-refractivity contribution is 0.0698. The van der Waals surface area contributed by atoms with Crippen molar-refractivity contribution in [2.24, 2.45) is 0 Å². The molecule has 2 fully saturated rings. The van der Waals surface area contributed by atoms with E-state index >= 15 is 0 Å². The molecule has 6 nitrogen and oxygen atoms in total. The summed E-state index contributed by atoms with van der Waals surface area (Å²) in [5, 5.41) is 3.23. The fraction of sp³-hybridized carbons (Fsp3) is 0.632. The maximum Gasteiger partial charge on any atom is 0.253 e. The SMILES string of the molecule is CNC1CCCN(C(=O)c2ccc(S(=O)(=O)N3CCCCC3C)cc2)C1. The molecule has 0 bridgehead atoms. The van der Waals surface area contributed by atoms with Gasteiger partial charge in [-0.05, 0) is 63.9 Å². The second-order valence-electron chi connectivity index (χ2n) is 7.36. The van der Waals surface area contributed by atoms with Gasteiger partial charge in [0.2, 0.25) is 10.0 Å². The second kappa shape index (κ2) is 8.06. The summed E-state index contributed by atoms with van der Waals surface area (Å²) in [6.07, 6.45) is 4.94. The van der Waals surface area contributed by atoms with Gasteiger partial charge in [0, 0.05) is 37.3 Å². The van der Waals surface area contributed by atoms with Crippen molar-refractivity contribution in [1.29, 1.82) is 0 Å². The molecule has 2 aliphatic rings. The highest BCUT2D eigenvalue weighted by molar-refractivity contribution is 7.89. The first-order chi connectivity index (χ1) is 12.4. The Labute approximate surface area is 156 Å². The molecule has 1 aromatic carbocycles. The Bertz CT molecular complexity index is 733. The van der Waals surface area contributed by atoms with Crippen molar-refractivity contribution >= 4 is 15.9 Å². The van der Waals surface area contributed by atoms with Crippen LogP contribution in [0.4, 0.5) is 0 Å². The Morgan fingerprint density at radius 3 is 2.46 bits per heavy atom. The average Bonchev–Trinajstić information content (AvgIpc) is 2.67. The maximum atomic E-state index is 12.9. The van der Waals surface area contributed by atoms with Gasteiger partial charge in [0.1, 0.15) is 0 Å². The van der Waals surface area contributed by atoms with E-state index < -0.39 is 10.0 Å². The molecule has 0 spiro atoms. The quantitative estimate of drug-likeness (QED) is 0.870. The molecule has 144 valence electrons. The molecule has 7 heteroatoms. The van der Waals surface area contributed by atoms with Crippen molar-refractivity contribution in [3.63, 3.8) is 0 Å². The van der Waals surface area contributed by atoms with Crippen LogP contribution in [0.25, 0.3) is 0 Å². The van der Waals surface area contributed by atoms with Crippen molar-refractivity contribution < 1.29 is 13.2 Å². The number of likely N-dealkylation sites (N-methyl/N-ethyl adjacent to an activating group) is 1. The van der Waals surface area contributed by atoms with Gasteiger partial charge in [0.05, 0.1) is 4.90 Å². The minimum absolute atomic E-state index is 0.0276. The van der Waals surface area contributed by atoms with Gasteiger partial charge in [-0.3, -0.25) is 4.79 Å². The minimum atomic E-state index is -3.49. The highest BCUT2D eigenvalue weighted by Crippen LogP contribution is 2.25. The Kier molecular flexibility index (Phi) is 5.99. The van der Waals surface area contributed by atoms with E-state index in [1.165, 1.54) is 0 Å². The zero-order chi connectivity index (χ0) is 18.7. The van der Waals surface area contributed by atoms with E-state index in [-0.39, 0.29) is 16.8 Å². The summed E-state index contributed by atoms with van der Waals surface area (Å²) >= 11 is 0. The van der Waals surface area contributed by atoms with Gasteiger partial charge in [0.15, 0.2) is 0 Å². The van der Waals surface area contributed by atoms with Crippen LogP contribution < -0.4 is 5.32 Å². The fourth-order valence-electron chi connectivity index (χ4n) is 3.91. The molecule has 2 saturated heterocycles. The molecule has 0 aromatic heterocycles. The molecular weight excluding hydrogens is 350 g/mol. The van der Waals surface area contributed by atoms with Gasteiger partial charge in [-0.2, -0.15) is 4.31 Å². The van der Waals surface area contributed by atoms with E-state index in [0.29, 0.717) is 24.7 Å². The van der Waals surface area contributed by atoms with Crippen molar-refractivity contribution in [2.75, 3.05) is 26.7 Å². The fourth-order valence-corrected chi connectivity index (χ4v) is 5.61. The predicted molar refractivity (Wildman–Crippen MR) is 102 cm³/mol. The molecule has 1 aromatic rings. The van der Waals surface area contributed by atoms with Crippen LogP contribution in [0, 0.1) is 0 Å². The molecule has 0 aliphatic carbocycles. The van der Waals surface area contributed by atoms with Crippen LogP contribution in [-0.4, -0.2) is 62.3 Å². The third-order valence-electron chi connectivity index (χ3n) is 5.57. The first kappa shape index (κ1) is 19.3. The third kappa shape index (κ3) is 3.94. The van der Waals surface area contributed by atoms with E-state index in [2.05, 4.69) is 5.32 Å². The number of nitrogens with zero attached hydrogens (tertiary/aromatic N) is 2. The topological polar surface area (TPSA) is 69.7 Å². The minimum Gasteiger partial charge on any atom is -0.337 e. The molecule has 0 saturated carbocycles. The number of likely N-dealkylation sites (tertiary alicyclic amines) is 1. The smallest absolute Gasteiger partial charge is 0.253 e. The molecular formula is C19H29N3O3S. The predicted octanol–water partition coefficient (Wildman–Crippen LogP) is 2.07. The Morgan fingerprint density at radius 2 is 1.81 bits per heavy atom. The summed E-state index contributed by atoms with van der Waals surface area (Å²) in [5.74, 6) is -0.0276. The number of rotatable bonds is 4. The third-order valence-corrected chi connectivity index (χ3v) is 7.59. The highest BCUT2D eigenvalue weighted by Gasteiger charge is 2.31. The lowest BCUT2D eigenvalue weighted by atomic mass is 10.0. The lowest BCUT2D eigenvalue weighted by Gasteiger charge is -2.33. The zero-order valence-corrected chi connectivity index (χ0v) is 16.5. The van der Waals surface area contributed by atoms with Crippen molar-refractivity contribution in [3.8, 4) is 0 Å². The number of hydrogen-bond donors (Lipinski definition) is 1. The number of benzene rings is 1. The number of amides is 1. The van der Waals surface area contributed by atoms with E-state index in [1.54, 1.807) is 28.6 Å². The molecule has 3 rings (SSSR count). The van der Waals surface area contributed by atoms with Crippen LogP contribution in [0.5, 0.6) is 0 Å². The van der Waals surface area contributed by atoms with Crippen LogP contribution in [0.3, 0.4) is 0 Å². The zero-order valence-electron chi connectivity index (χ0n) is 15.6. The van der Waals surface area contributed by atoms with Crippen LogP contribution in [0.15, 0.2) is 29.2 Å². The monoisotopic (exact) mass is 379 g/mol. The van der Waals surface area contributed by atoms with Crippen LogP contribution in [-0.2, 0) is 10.0 Å². The van der Waals surface area contributed by atoms with Crippen LogP contribution >= 0.6 is 0 Å². The Hall–Kier alpha value is -1.44. The number of hydrogen-bond acceptors (Lipinski definition) is 4. The summed E-state index contributed by atoms with van der Waals surface area (Å²) in [5.41, 5.74) is 0.549. The van der Waals surface area contributed by atoms with Crippen molar-refractivity contribution in [3.05, 3.63) is 29.8 Å². The first-order valence-electron chi connectivity index (χ1n) is 9.52. The van der Waals surface area contributed by atoms with E-state index in [4.69, 9.17) is 0 Å².